The summed E-state index contributed by atoms with van der Waals surface area (Å²) in [4.78, 5) is 2.56. The predicted molar refractivity (Wildman–Crippen MR) is 75.7 cm³/mol. The van der Waals surface area contributed by atoms with Gasteiger partial charge in [0.1, 0.15) is 0 Å². The van der Waals surface area contributed by atoms with E-state index in [1.165, 1.54) is 57.9 Å². The van der Waals surface area contributed by atoms with Crippen molar-refractivity contribution in [2.45, 2.75) is 57.4 Å². The fourth-order valence-corrected chi connectivity index (χ4v) is 3.86. The van der Waals surface area contributed by atoms with Crippen molar-refractivity contribution in [1.29, 1.82) is 0 Å². The van der Waals surface area contributed by atoms with Crippen LogP contribution in [0.5, 0.6) is 0 Å². The van der Waals surface area contributed by atoms with Crippen LogP contribution in [0.2, 0.25) is 0 Å². The summed E-state index contributed by atoms with van der Waals surface area (Å²) in [5.74, 6) is 1.02. The minimum absolute atomic E-state index is 0.305. The third-order valence-corrected chi connectivity index (χ3v) is 5.44. The third-order valence-electron chi connectivity index (χ3n) is 4.77. The first-order valence-corrected chi connectivity index (χ1v) is 7.89. The van der Waals surface area contributed by atoms with Gasteiger partial charge in [0.15, 0.2) is 0 Å². The van der Waals surface area contributed by atoms with E-state index in [-0.39, 0.29) is 0 Å². The Bertz CT molecular complexity index is 219. The molecule has 0 bridgehead atoms. The Kier molecular flexibility index (Phi) is 5.19. The summed E-state index contributed by atoms with van der Waals surface area (Å²) in [5, 5.41) is 9.27. The average molecular weight is 257 g/mol. The first kappa shape index (κ1) is 13.7. The molecular weight excluding hydrogens is 230 g/mol. The van der Waals surface area contributed by atoms with Gasteiger partial charge in [-0.2, -0.15) is 12.6 Å². The van der Waals surface area contributed by atoms with Gasteiger partial charge in [-0.3, -0.25) is 4.90 Å². The first-order valence-electron chi connectivity index (χ1n) is 7.25. The maximum Gasteiger partial charge on any atom is 0.0558 e. The highest BCUT2D eigenvalue weighted by molar-refractivity contribution is 7.80. The van der Waals surface area contributed by atoms with Crippen LogP contribution in [0.15, 0.2) is 0 Å². The lowest BCUT2D eigenvalue weighted by atomic mass is 9.69. The van der Waals surface area contributed by atoms with Crippen molar-refractivity contribution >= 4 is 12.6 Å². The van der Waals surface area contributed by atoms with Crippen LogP contribution < -0.4 is 0 Å². The van der Waals surface area contributed by atoms with E-state index in [2.05, 4.69) is 17.5 Å². The van der Waals surface area contributed by atoms with Gasteiger partial charge >= 0.3 is 0 Å². The summed E-state index contributed by atoms with van der Waals surface area (Å²) >= 11 is 4.55. The minimum Gasteiger partial charge on any atom is -0.395 e. The molecule has 2 saturated carbocycles. The number of hydrogen-bond acceptors (Lipinski definition) is 3. The average Bonchev–Trinajstić information content (AvgIpc) is 2.33. The molecule has 0 saturated heterocycles. The lowest BCUT2D eigenvalue weighted by Gasteiger charge is -2.47. The number of thiol groups is 1. The molecule has 2 aliphatic rings. The quantitative estimate of drug-likeness (QED) is 0.715. The molecular formula is C14H27NOS. The Balaban J connectivity index is 1.91. The Labute approximate surface area is 111 Å². The zero-order valence-electron chi connectivity index (χ0n) is 10.9. The third kappa shape index (κ3) is 3.39. The Morgan fingerprint density at radius 1 is 1.12 bits per heavy atom. The molecule has 2 nitrogen and oxygen atoms in total. The second-order valence-corrected chi connectivity index (χ2v) is 6.31. The summed E-state index contributed by atoms with van der Waals surface area (Å²) in [6, 6.07) is 0.730. The van der Waals surface area contributed by atoms with Gasteiger partial charge in [-0.25, -0.2) is 0 Å². The summed E-state index contributed by atoms with van der Waals surface area (Å²) < 4.78 is 0. The van der Waals surface area contributed by atoms with Crippen LogP contribution >= 0.6 is 12.6 Å². The van der Waals surface area contributed by atoms with Crippen molar-refractivity contribution in [1.82, 2.24) is 4.90 Å². The van der Waals surface area contributed by atoms with E-state index >= 15 is 0 Å². The van der Waals surface area contributed by atoms with Crippen molar-refractivity contribution in [2.75, 3.05) is 25.4 Å². The van der Waals surface area contributed by atoms with E-state index in [1.54, 1.807) is 0 Å². The molecule has 2 rings (SSSR count). The monoisotopic (exact) mass is 257 g/mol. The van der Waals surface area contributed by atoms with E-state index in [4.69, 9.17) is 0 Å². The van der Waals surface area contributed by atoms with Crippen molar-refractivity contribution in [3.63, 3.8) is 0 Å². The standard InChI is InChI=1S/C14H27NOS/c16-10-9-15(13-5-2-1-3-6-13)11-14(12-17)7-4-8-14/h13,16-17H,1-12H2. The zero-order chi connectivity index (χ0) is 12.1. The fourth-order valence-electron chi connectivity index (χ4n) is 3.44. The van der Waals surface area contributed by atoms with Crippen LogP contribution in [-0.4, -0.2) is 41.5 Å². The largest absolute Gasteiger partial charge is 0.395 e. The van der Waals surface area contributed by atoms with E-state index in [1.807, 2.05) is 0 Å². The van der Waals surface area contributed by atoms with Crippen LogP contribution in [0, 0.1) is 5.41 Å². The molecule has 0 spiro atoms. The Morgan fingerprint density at radius 3 is 2.29 bits per heavy atom. The number of aliphatic hydroxyl groups is 1. The molecule has 100 valence electrons. The maximum atomic E-state index is 9.27. The minimum atomic E-state index is 0.305. The normalized spacial score (nSPS) is 24.9. The molecule has 0 atom stereocenters. The molecule has 0 heterocycles. The molecule has 0 unspecified atom stereocenters. The van der Waals surface area contributed by atoms with Crippen LogP contribution in [0.1, 0.15) is 51.4 Å². The smallest absolute Gasteiger partial charge is 0.0558 e. The highest BCUT2D eigenvalue weighted by Crippen LogP contribution is 2.43. The molecule has 2 fully saturated rings. The van der Waals surface area contributed by atoms with Crippen molar-refractivity contribution < 1.29 is 5.11 Å². The molecule has 0 radical (unpaired) electrons. The predicted octanol–water partition coefficient (Wildman–Crippen LogP) is 2.71. The van der Waals surface area contributed by atoms with Gasteiger partial charge < -0.3 is 5.11 Å². The summed E-state index contributed by atoms with van der Waals surface area (Å²) in [6.07, 6.45) is 10.9. The Hall–Kier alpha value is 0.270. The molecule has 0 aromatic carbocycles. The van der Waals surface area contributed by atoms with Gasteiger partial charge in [-0.15, -0.1) is 0 Å². The topological polar surface area (TPSA) is 23.5 Å². The Morgan fingerprint density at radius 2 is 1.82 bits per heavy atom. The molecule has 2 aliphatic carbocycles. The molecule has 1 N–H and O–H groups in total. The van der Waals surface area contributed by atoms with Gasteiger partial charge in [0.25, 0.3) is 0 Å². The van der Waals surface area contributed by atoms with E-state index in [0.717, 1.165) is 18.3 Å². The second-order valence-electron chi connectivity index (χ2n) is 6.00. The molecule has 3 heteroatoms. The van der Waals surface area contributed by atoms with Crippen LogP contribution in [0.25, 0.3) is 0 Å². The van der Waals surface area contributed by atoms with E-state index < -0.39 is 0 Å². The molecule has 17 heavy (non-hydrogen) atoms. The van der Waals surface area contributed by atoms with E-state index in [9.17, 15) is 5.11 Å². The van der Waals surface area contributed by atoms with Crippen molar-refractivity contribution in [3.05, 3.63) is 0 Å². The lowest BCUT2D eigenvalue weighted by Crippen LogP contribution is -2.49. The van der Waals surface area contributed by atoms with Crippen LogP contribution in [0.3, 0.4) is 0 Å². The van der Waals surface area contributed by atoms with Crippen LogP contribution in [0.4, 0.5) is 0 Å². The summed E-state index contributed by atoms with van der Waals surface area (Å²) in [5.41, 5.74) is 0.468. The maximum absolute atomic E-state index is 9.27. The number of aliphatic hydroxyl groups excluding tert-OH is 1. The van der Waals surface area contributed by atoms with Gasteiger partial charge in [0, 0.05) is 19.1 Å². The SMILES string of the molecule is OCCN(CC1(CS)CCC1)C1CCCCC1. The van der Waals surface area contributed by atoms with E-state index in [0.29, 0.717) is 12.0 Å². The molecule has 0 aromatic rings. The van der Waals surface area contributed by atoms with Crippen molar-refractivity contribution in [2.24, 2.45) is 5.41 Å². The molecule has 0 amide bonds. The lowest BCUT2D eigenvalue weighted by molar-refractivity contribution is 0.0404. The second kappa shape index (κ2) is 6.44. The van der Waals surface area contributed by atoms with Crippen LogP contribution in [-0.2, 0) is 0 Å². The fraction of sp³-hybridized carbons (Fsp3) is 1.00. The number of hydrogen-bond donors (Lipinski definition) is 2. The molecule has 0 aliphatic heterocycles. The highest BCUT2D eigenvalue weighted by atomic mass is 32.1. The first-order chi connectivity index (χ1) is 8.29. The van der Waals surface area contributed by atoms with Gasteiger partial charge in [0.05, 0.1) is 6.61 Å². The number of rotatable bonds is 6. The summed E-state index contributed by atoms with van der Waals surface area (Å²) in [7, 11) is 0. The van der Waals surface area contributed by atoms with Gasteiger partial charge in [0.2, 0.25) is 0 Å². The van der Waals surface area contributed by atoms with Gasteiger partial charge in [-0.1, -0.05) is 25.7 Å². The zero-order valence-corrected chi connectivity index (χ0v) is 11.8. The van der Waals surface area contributed by atoms with Gasteiger partial charge in [-0.05, 0) is 36.9 Å². The molecule has 0 aromatic heterocycles. The number of nitrogens with zero attached hydrogens (tertiary/aromatic N) is 1. The summed E-state index contributed by atoms with van der Waals surface area (Å²) in [6.45, 7) is 2.33. The van der Waals surface area contributed by atoms with Crippen molar-refractivity contribution in [3.8, 4) is 0 Å². The highest BCUT2D eigenvalue weighted by Gasteiger charge is 2.38.